The minimum Gasteiger partial charge on any atom is -0.497 e. The van der Waals surface area contributed by atoms with Crippen LogP contribution in [0.5, 0.6) is 11.5 Å². The van der Waals surface area contributed by atoms with Crippen LogP contribution in [0.1, 0.15) is 55.7 Å². The van der Waals surface area contributed by atoms with E-state index in [1.165, 1.54) is 10.8 Å². The van der Waals surface area contributed by atoms with Crippen LogP contribution in [0.25, 0.3) is 0 Å². The van der Waals surface area contributed by atoms with E-state index in [0.717, 1.165) is 16.7 Å². The Kier molecular flexibility index (Phi) is 11.3. The molecule has 1 saturated heterocycles. The second-order valence-corrected chi connectivity index (χ2v) is 14.3. The number of nitrogens with one attached hydrogen (secondary N) is 1. The molecule has 2 heterocycles. The summed E-state index contributed by atoms with van der Waals surface area (Å²) in [5.74, 6) is 0.835. The predicted octanol–water partition coefficient (Wildman–Crippen LogP) is 6.60. The standard InChI is InChI=1S/C36H40ClN2O9P/c1-23-21-39(34(42)38-32(23)40)31-20-29(47-49(37)48-33(41)35(2,3)4)30(46-31)22-45-36(24-10-8-7-9-11-24,25-12-16-27(43-5)17-13-25)26-14-18-28(44-6)19-15-26/h7-19,21,29-31H,20,22H2,1-6H3,(H,38,40,42)/t29-,30+,31+,49?/m0/s1. The smallest absolute Gasteiger partial charge is 0.340 e. The van der Waals surface area contributed by atoms with Crippen LogP contribution in [0.3, 0.4) is 0 Å². The first-order chi connectivity index (χ1) is 23.3. The van der Waals surface area contributed by atoms with Crippen LogP contribution in [-0.2, 0) is 28.9 Å². The van der Waals surface area contributed by atoms with Crippen molar-refractivity contribution in [3.63, 3.8) is 0 Å². The molecule has 0 radical (unpaired) electrons. The summed E-state index contributed by atoms with van der Waals surface area (Å²) in [4.78, 5) is 40.0. The van der Waals surface area contributed by atoms with E-state index in [9.17, 15) is 14.4 Å². The van der Waals surface area contributed by atoms with Crippen molar-refractivity contribution in [1.82, 2.24) is 9.55 Å². The fourth-order valence-corrected chi connectivity index (χ4v) is 6.92. The van der Waals surface area contributed by atoms with Crippen molar-refractivity contribution in [1.29, 1.82) is 0 Å². The van der Waals surface area contributed by atoms with Crippen molar-refractivity contribution in [2.24, 2.45) is 5.41 Å². The zero-order valence-corrected chi connectivity index (χ0v) is 29.8. The molecule has 0 saturated carbocycles. The number of carbonyl (C=O) groups is 1. The van der Waals surface area contributed by atoms with Crippen LogP contribution < -0.4 is 20.7 Å². The average molecular weight is 711 g/mol. The first kappa shape index (κ1) is 36.3. The Morgan fingerprint density at radius 1 is 0.918 bits per heavy atom. The van der Waals surface area contributed by atoms with E-state index in [2.05, 4.69) is 4.98 Å². The Hall–Kier alpha value is -3.99. The summed E-state index contributed by atoms with van der Waals surface area (Å²) < 4.78 is 37.3. The molecule has 1 fully saturated rings. The molecule has 1 aliphatic rings. The number of methoxy groups -OCH3 is 2. The number of carbonyl (C=O) groups excluding carboxylic acids is 1. The monoisotopic (exact) mass is 710 g/mol. The van der Waals surface area contributed by atoms with Crippen molar-refractivity contribution < 1.29 is 32.8 Å². The Morgan fingerprint density at radius 3 is 2.00 bits per heavy atom. The second-order valence-electron chi connectivity index (χ2n) is 12.6. The summed E-state index contributed by atoms with van der Waals surface area (Å²) in [6.07, 6.45) is -0.797. The number of aromatic amines is 1. The number of rotatable bonds is 12. The molecule has 1 N–H and O–H groups in total. The van der Waals surface area contributed by atoms with Crippen LogP contribution in [0.2, 0.25) is 0 Å². The van der Waals surface area contributed by atoms with E-state index >= 15 is 0 Å². The molecule has 49 heavy (non-hydrogen) atoms. The number of halogens is 1. The van der Waals surface area contributed by atoms with Crippen molar-refractivity contribution in [3.05, 3.63) is 128 Å². The van der Waals surface area contributed by atoms with Crippen LogP contribution >= 0.6 is 19.0 Å². The third-order valence-corrected chi connectivity index (χ3v) is 9.45. The average Bonchev–Trinajstić information content (AvgIpc) is 3.48. The lowest BCUT2D eigenvalue weighted by atomic mass is 9.80. The van der Waals surface area contributed by atoms with E-state index < -0.39 is 54.4 Å². The molecule has 0 amide bonds. The van der Waals surface area contributed by atoms with E-state index in [1.54, 1.807) is 41.9 Å². The van der Waals surface area contributed by atoms with Crippen molar-refractivity contribution >= 4 is 24.9 Å². The van der Waals surface area contributed by atoms with E-state index in [0.29, 0.717) is 17.1 Å². The minimum absolute atomic E-state index is 0.0432. The highest BCUT2D eigenvalue weighted by Crippen LogP contribution is 2.50. The Labute approximate surface area is 290 Å². The van der Waals surface area contributed by atoms with Gasteiger partial charge in [0.15, 0.2) is 0 Å². The number of H-pyrrole nitrogens is 1. The molecule has 1 unspecified atom stereocenters. The normalized spacial score (nSPS) is 18.6. The van der Waals surface area contributed by atoms with Gasteiger partial charge in [-0.25, -0.2) is 4.79 Å². The van der Waals surface area contributed by atoms with Gasteiger partial charge in [0.25, 0.3) is 5.56 Å². The molecule has 260 valence electrons. The first-order valence-electron chi connectivity index (χ1n) is 15.7. The van der Waals surface area contributed by atoms with Crippen molar-refractivity contribution in [3.8, 4) is 11.5 Å². The van der Waals surface area contributed by atoms with Gasteiger partial charge in [-0.15, -0.1) is 0 Å². The van der Waals surface area contributed by atoms with Crippen LogP contribution in [0.4, 0.5) is 0 Å². The highest BCUT2D eigenvalue weighted by Gasteiger charge is 2.44. The topological polar surface area (TPSA) is 127 Å². The molecule has 13 heteroatoms. The number of aromatic nitrogens is 2. The van der Waals surface area contributed by atoms with Crippen molar-refractivity contribution in [2.75, 3.05) is 20.8 Å². The van der Waals surface area contributed by atoms with E-state index in [-0.39, 0.29) is 13.0 Å². The van der Waals surface area contributed by atoms with Gasteiger partial charge in [-0.1, -0.05) is 54.6 Å². The lowest BCUT2D eigenvalue weighted by molar-refractivity contribution is -0.143. The highest BCUT2D eigenvalue weighted by atomic mass is 35.7. The molecule has 4 atom stereocenters. The van der Waals surface area contributed by atoms with Crippen LogP contribution in [0.15, 0.2) is 94.6 Å². The van der Waals surface area contributed by atoms with Gasteiger partial charge in [0, 0.05) is 18.2 Å². The summed E-state index contributed by atoms with van der Waals surface area (Å²) in [6.45, 7) is 6.70. The maximum atomic E-state index is 12.9. The van der Waals surface area contributed by atoms with Gasteiger partial charge in [0.1, 0.15) is 29.4 Å². The molecule has 0 aliphatic carbocycles. The fraction of sp³-hybridized carbons (Fsp3) is 0.361. The molecule has 0 spiro atoms. The Morgan fingerprint density at radius 2 is 1.47 bits per heavy atom. The molecule has 4 aromatic rings. The third kappa shape index (κ3) is 8.09. The van der Waals surface area contributed by atoms with Gasteiger partial charge >= 0.3 is 19.4 Å². The first-order valence-corrected chi connectivity index (χ1v) is 17.7. The number of nitrogens with zero attached hydrogens (tertiary/aromatic N) is 1. The molecule has 3 aromatic carbocycles. The van der Waals surface area contributed by atoms with Crippen LogP contribution in [0, 0.1) is 12.3 Å². The van der Waals surface area contributed by atoms with E-state index in [4.69, 9.17) is 39.2 Å². The number of aryl methyl sites for hydroxylation is 1. The van der Waals surface area contributed by atoms with Gasteiger partial charge in [0.2, 0.25) is 0 Å². The highest BCUT2D eigenvalue weighted by molar-refractivity contribution is 7.76. The Balaban J connectivity index is 1.56. The third-order valence-electron chi connectivity index (χ3n) is 8.26. The number of hydrogen-bond donors (Lipinski definition) is 1. The van der Waals surface area contributed by atoms with Gasteiger partial charge in [0.05, 0.1) is 32.3 Å². The molecule has 1 aliphatic heterocycles. The maximum Gasteiger partial charge on any atom is 0.340 e. The predicted molar refractivity (Wildman–Crippen MR) is 186 cm³/mol. The van der Waals surface area contributed by atoms with Gasteiger partial charge in [-0.2, -0.15) is 0 Å². The summed E-state index contributed by atoms with van der Waals surface area (Å²) in [7, 11) is 1.01. The van der Waals surface area contributed by atoms with Gasteiger partial charge in [-0.3, -0.25) is 19.1 Å². The SMILES string of the molecule is COc1ccc(C(OC[C@H]2O[C@@H](n3cc(C)c(=O)[nH]c3=O)C[C@@H]2OP(Cl)OC(=O)C(C)(C)C)(c2ccccc2)c2ccc(OC)cc2)cc1. The van der Waals surface area contributed by atoms with Gasteiger partial charge in [-0.05, 0) is 79.9 Å². The van der Waals surface area contributed by atoms with Crippen molar-refractivity contribution in [2.45, 2.75) is 58.2 Å². The fourth-order valence-electron chi connectivity index (χ4n) is 5.54. The minimum atomic E-state index is -2.20. The zero-order chi connectivity index (χ0) is 35.3. The largest absolute Gasteiger partial charge is 0.497 e. The molecule has 5 rings (SSSR count). The molecular formula is C36H40ClN2O9P. The zero-order valence-electron chi connectivity index (χ0n) is 28.2. The van der Waals surface area contributed by atoms with Crippen LogP contribution in [-0.4, -0.2) is 48.6 Å². The number of hydrogen-bond acceptors (Lipinski definition) is 9. The summed E-state index contributed by atoms with van der Waals surface area (Å²) in [5.41, 5.74) is -0.305. The molecular weight excluding hydrogens is 671 g/mol. The summed E-state index contributed by atoms with van der Waals surface area (Å²) in [5, 5.41) is 0. The van der Waals surface area contributed by atoms with Gasteiger partial charge < -0.3 is 28.0 Å². The molecule has 1 aromatic heterocycles. The number of benzene rings is 3. The Bertz CT molecular complexity index is 1790. The lowest BCUT2D eigenvalue weighted by Gasteiger charge is -2.37. The number of ether oxygens (including phenoxy) is 4. The summed E-state index contributed by atoms with van der Waals surface area (Å²) in [6, 6.07) is 25.0. The lowest BCUT2D eigenvalue weighted by Crippen LogP contribution is -2.38. The summed E-state index contributed by atoms with van der Waals surface area (Å²) >= 11 is 6.50. The second kappa shape index (κ2) is 15.3. The molecule has 11 nitrogen and oxygen atoms in total. The molecule has 0 bridgehead atoms. The van der Waals surface area contributed by atoms with E-state index in [1.807, 2.05) is 78.9 Å². The quantitative estimate of drug-likeness (QED) is 0.128. The maximum absolute atomic E-state index is 12.9.